The third-order valence-corrected chi connectivity index (χ3v) is 11.7. The zero-order chi connectivity index (χ0) is 38.1. The average molecular weight is 655 g/mol. The molecule has 4 heteroatoms. The van der Waals surface area contributed by atoms with Crippen LogP contribution in [0.1, 0.15) is 31.8 Å². The molecule has 0 radical (unpaired) electrons. The van der Waals surface area contributed by atoms with Gasteiger partial charge in [-0.3, -0.25) is 0 Å². The summed E-state index contributed by atoms with van der Waals surface area (Å²) >= 11 is 0. The first-order valence-corrected chi connectivity index (χ1v) is 20.1. The maximum Gasteiger partial charge on any atom is 0.164 e. The third-order valence-electron chi connectivity index (χ3n) is 9.60. The minimum Gasteiger partial charge on any atom is -0.208 e. The average Bonchev–Trinajstić information content (AvgIpc) is 3.41. The van der Waals surface area contributed by atoms with Crippen LogP contribution in [0.25, 0.3) is 67.5 Å². The fourth-order valence-corrected chi connectivity index (χ4v) is 7.99. The predicted molar refractivity (Wildman–Crippen MR) is 208 cm³/mol. The lowest BCUT2D eigenvalue weighted by Gasteiger charge is -2.22. The maximum absolute atomic E-state index is 8.69. The van der Waals surface area contributed by atoms with E-state index in [4.69, 9.17) is 21.8 Å². The number of rotatable bonds is 6. The van der Waals surface area contributed by atoms with Crippen molar-refractivity contribution < 1.29 is 6.85 Å². The SMILES string of the molecule is [2H]c1c([2H])c([2H])c(-c2nc(-c3ccc([Si](C)(C)C)cc3)nc(-c3cccc(-c4cccc(-c5ccc6c(c5)C(C)(C)c5ccccc5-6)c4)c3)n2)c([2H])c1[2H]. The van der Waals surface area contributed by atoms with E-state index in [0.717, 1.165) is 27.8 Å². The van der Waals surface area contributed by atoms with E-state index < -0.39 is 26.2 Å². The van der Waals surface area contributed by atoms with Gasteiger partial charge in [0.15, 0.2) is 17.5 Å². The fraction of sp³-hybridized carbons (Fsp3) is 0.133. The van der Waals surface area contributed by atoms with Gasteiger partial charge in [0.05, 0.1) is 14.9 Å². The van der Waals surface area contributed by atoms with Crippen molar-refractivity contribution in [3.63, 3.8) is 0 Å². The van der Waals surface area contributed by atoms with Crippen LogP contribution in [-0.4, -0.2) is 23.0 Å². The summed E-state index contributed by atoms with van der Waals surface area (Å²) in [5.41, 5.74) is 10.8. The summed E-state index contributed by atoms with van der Waals surface area (Å²) in [7, 11) is -1.57. The van der Waals surface area contributed by atoms with E-state index in [9.17, 15) is 0 Å². The molecule has 1 heterocycles. The molecule has 0 aliphatic heterocycles. The summed E-state index contributed by atoms with van der Waals surface area (Å²) in [6, 6.07) is 38.0. The second-order valence-electron chi connectivity index (χ2n) is 14.2. The molecular formula is C45H39N3Si. The summed E-state index contributed by atoms with van der Waals surface area (Å²) < 4.78 is 42.1. The summed E-state index contributed by atoms with van der Waals surface area (Å²) in [5, 5.41) is 1.29. The number of aromatic nitrogens is 3. The van der Waals surface area contributed by atoms with Crippen LogP contribution in [0.5, 0.6) is 0 Å². The molecule has 238 valence electrons. The summed E-state index contributed by atoms with van der Waals surface area (Å²) in [6.07, 6.45) is 0. The lowest BCUT2D eigenvalue weighted by atomic mass is 9.81. The van der Waals surface area contributed by atoms with Crippen molar-refractivity contribution in [2.75, 3.05) is 0 Å². The van der Waals surface area contributed by atoms with Gasteiger partial charge in [0.1, 0.15) is 0 Å². The Kier molecular flexibility index (Phi) is 6.21. The molecule has 0 bridgehead atoms. The first-order valence-electron chi connectivity index (χ1n) is 19.1. The molecular weight excluding hydrogens is 611 g/mol. The summed E-state index contributed by atoms with van der Waals surface area (Å²) in [6.45, 7) is 11.4. The highest BCUT2D eigenvalue weighted by Crippen LogP contribution is 2.49. The van der Waals surface area contributed by atoms with Gasteiger partial charge in [-0.1, -0.05) is 166 Å². The van der Waals surface area contributed by atoms with E-state index in [-0.39, 0.29) is 28.9 Å². The van der Waals surface area contributed by atoms with Gasteiger partial charge in [0, 0.05) is 22.1 Å². The minimum absolute atomic E-state index is 0.0235. The molecule has 3 nitrogen and oxygen atoms in total. The molecule has 0 spiro atoms. The molecule has 0 saturated carbocycles. The zero-order valence-electron chi connectivity index (χ0n) is 33.3. The highest BCUT2D eigenvalue weighted by molar-refractivity contribution is 6.88. The number of nitrogens with zero attached hydrogens (tertiary/aromatic N) is 3. The van der Waals surface area contributed by atoms with Gasteiger partial charge < -0.3 is 0 Å². The van der Waals surface area contributed by atoms with E-state index >= 15 is 0 Å². The smallest absolute Gasteiger partial charge is 0.164 e. The molecule has 6 aromatic carbocycles. The molecule has 0 amide bonds. The van der Waals surface area contributed by atoms with Crippen molar-refractivity contribution in [2.24, 2.45) is 0 Å². The number of fused-ring (bicyclic) bond motifs is 3. The Hall–Kier alpha value is -5.45. The normalized spacial score (nSPS) is 14.6. The molecule has 0 unspecified atom stereocenters. The monoisotopic (exact) mass is 654 g/mol. The van der Waals surface area contributed by atoms with Gasteiger partial charge in [-0.15, -0.1) is 0 Å². The van der Waals surface area contributed by atoms with Crippen LogP contribution >= 0.6 is 0 Å². The van der Waals surface area contributed by atoms with Crippen molar-refractivity contribution in [3.05, 3.63) is 157 Å². The molecule has 7 aromatic rings. The van der Waals surface area contributed by atoms with E-state index in [1.54, 1.807) is 0 Å². The Morgan fingerprint density at radius 1 is 0.469 bits per heavy atom. The van der Waals surface area contributed by atoms with Crippen molar-refractivity contribution in [1.82, 2.24) is 15.0 Å². The largest absolute Gasteiger partial charge is 0.208 e. The molecule has 0 saturated heterocycles. The Balaban J connectivity index is 1.22. The molecule has 0 fully saturated rings. The Morgan fingerprint density at radius 2 is 0.980 bits per heavy atom. The van der Waals surface area contributed by atoms with Gasteiger partial charge >= 0.3 is 0 Å². The van der Waals surface area contributed by atoms with E-state index in [0.29, 0.717) is 17.2 Å². The van der Waals surface area contributed by atoms with Gasteiger partial charge in [0.2, 0.25) is 0 Å². The van der Waals surface area contributed by atoms with E-state index in [1.165, 1.54) is 27.4 Å². The standard InChI is InChI=1S/C45H39N3Si/c1-45(2)40-20-10-9-19-38(40)39-26-23-35(29-41(39)45)33-16-11-15-32(27-33)34-17-12-18-36(28-34)44-47-42(30-13-7-6-8-14-30)46-43(48-44)31-21-24-37(25-22-31)49(3,4)5/h6-29H,1-5H3/i6D,7D,8D,13D,14D. The van der Waals surface area contributed by atoms with Gasteiger partial charge in [-0.05, 0) is 62.7 Å². The quantitative estimate of drug-likeness (QED) is 0.168. The van der Waals surface area contributed by atoms with Gasteiger partial charge in [-0.25, -0.2) is 15.0 Å². The van der Waals surface area contributed by atoms with Crippen molar-refractivity contribution in [1.29, 1.82) is 0 Å². The van der Waals surface area contributed by atoms with Crippen LogP contribution in [0.3, 0.4) is 0 Å². The van der Waals surface area contributed by atoms with E-state index in [2.05, 4.69) is 118 Å². The van der Waals surface area contributed by atoms with Crippen molar-refractivity contribution in [3.8, 4) is 67.5 Å². The lowest BCUT2D eigenvalue weighted by molar-refractivity contribution is 0.660. The topological polar surface area (TPSA) is 38.7 Å². The van der Waals surface area contributed by atoms with Gasteiger partial charge in [0.25, 0.3) is 0 Å². The number of benzene rings is 6. The number of hydrogen-bond acceptors (Lipinski definition) is 3. The molecule has 8 rings (SSSR count). The zero-order valence-corrected chi connectivity index (χ0v) is 29.3. The third kappa shape index (κ3) is 5.72. The molecule has 1 aliphatic carbocycles. The van der Waals surface area contributed by atoms with E-state index in [1.807, 2.05) is 30.3 Å². The lowest BCUT2D eigenvalue weighted by Crippen LogP contribution is -2.37. The van der Waals surface area contributed by atoms with Crippen LogP contribution in [0.2, 0.25) is 19.6 Å². The number of hydrogen-bond donors (Lipinski definition) is 0. The highest BCUT2D eigenvalue weighted by atomic mass is 28.3. The molecule has 0 N–H and O–H groups in total. The Labute approximate surface area is 297 Å². The van der Waals surface area contributed by atoms with Crippen LogP contribution in [0.15, 0.2) is 145 Å². The van der Waals surface area contributed by atoms with Crippen LogP contribution in [0.4, 0.5) is 0 Å². The Morgan fingerprint density at radius 3 is 1.63 bits per heavy atom. The first-order chi connectivity index (χ1) is 25.7. The van der Waals surface area contributed by atoms with Crippen LogP contribution < -0.4 is 5.19 Å². The molecule has 0 atom stereocenters. The van der Waals surface area contributed by atoms with Crippen LogP contribution in [-0.2, 0) is 5.41 Å². The predicted octanol–water partition coefficient (Wildman–Crippen LogP) is 11.1. The van der Waals surface area contributed by atoms with Crippen molar-refractivity contribution >= 4 is 13.3 Å². The summed E-state index contributed by atoms with van der Waals surface area (Å²) in [4.78, 5) is 14.4. The minimum atomic E-state index is -1.57. The second-order valence-corrected chi connectivity index (χ2v) is 19.3. The van der Waals surface area contributed by atoms with Crippen molar-refractivity contribution in [2.45, 2.75) is 38.9 Å². The Bertz CT molecular complexity index is 2600. The molecule has 1 aliphatic rings. The van der Waals surface area contributed by atoms with Gasteiger partial charge in [-0.2, -0.15) is 0 Å². The second kappa shape index (κ2) is 11.9. The highest BCUT2D eigenvalue weighted by Gasteiger charge is 2.35. The van der Waals surface area contributed by atoms with Crippen LogP contribution in [0, 0.1) is 0 Å². The summed E-state index contributed by atoms with van der Waals surface area (Å²) in [5.74, 6) is 0.725. The first kappa shape index (κ1) is 25.5. The maximum atomic E-state index is 8.69. The molecule has 1 aromatic heterocycles. The molecule has 49 heavy (non-hydrogen) atoms. The fourth-order valence-electron chi connectivity index (χ4n) is 6.83.